The van der Waals surface area contributed by atoms with Crippen LogP contribution in [0.4, 0.5) is 5.69 Å². The van der Waals surface area contributed by atoms with Crippen molar-refractivity contribution in [3.63, 3.8) is 0 Å². The van der Waals surface area contributed by atoms with E-state index in [9.17, 15) is 4.79 Å². The van der Waals surface area contributed by atoms with Gasteiger partial charge in [-0.15, -0.1) is 30.4 Å². The SMILES string of the molecule is C#CCNC(=NCc1cccc(NC(=O)C(C)CC)c1)NCC.I. The van der Waals surface area contributed by atoms with Crippen LogP contribution >= 0.6 is 24.0 Å². The quantitative estimate of drug-likeness (QED) is 0.263. The highest BCUT2D eigenvalue weighted by Crippen LogP contribution is 2.13. The normalized spacial score (nSPS) is 11.7. The Morgan fingerprint density at radius 3 is 2.71 bits per heavy atom. The summed E-state index contributed by atoms with van der Waals surface area (Å²) in [7, 11) is 0. The van der Waals surface area contributed by atoms with Gasteiger partial charge in [0.2, 0.25) is 5.91 Å². The molecule has 1 aromatic rings. The Kier molecular flexibility index (Phi) is 11.7. The fourth-order valence-electron chi connectivity index (χ4n) is 1.85. The number of aliphatic imine (C=N–C) groups is 1. The van der Waals surface area contributed by atoms with Gasteiger partial charge in [-0.1, -0.05) is 31.9 Å². The highest BCUT2D eigenvalue weighted by Gasteiger charge is 2.10. The molecule has 24 heavy (non-hydrogen) atoms. The average molecular weight is 442 g/mol. The maximum absolute atomic E-state index is 11.9. The molecule has 3 N–H and O–H groups in total. The van der Waals surface area contributed by atoms with E-state index < -0.39 is 0 Å². The van der Waals surface area contributed by atoms with Gasteiger partial charge in [-0.25, -0.2) is 4.99 Å². The number of hydrogen-bond donors (Lipinski definition) is 3. The van der Waals surface area contributed by atoms with Crippen molar-refractivity contribution in [2.45, 2.75) is 33.7 Å². The van der Waals surface area contributed by atoms with Crippen LogP contribution in [0.25, 0.3) is 0 Å². The van der Waals surface area contributed by atoms with Crippen molar-refractivity contribution in [2.75, 3.05) is 18.4 Å². The molecule has 0 aliphatic rings. The summed E-state index contributed by atoms with van der Waals surface area (Å²) in [5.74, 6) is 3.25. The molecule has 1 unspecified atom stereocenters. The van der Waals surface area contributed by atoms with Crippen LogP contribution in [0.5, 0.6) is 0 Å². The third kappa shape index (κ3) is 8.20. The molecule has 0 radical (unpaired) electrons. The molecular weight excluding hydrogens is 415 g/mol. The molecule has 0 saturated heterocycles. The van der Waals surface area contributed by atoms with E-state index in [4.69, 9.17) is 6.42 Å². The summed E-state index contributed by atoms with van der Waals surface area (Å²) in [6.45, 7) is 7.62. The Morgan fingerprint density at radius 1 is 1.33 bits per heavy atom. The minimum Gasteiger partial charge on any atom is -0.357 e. The first-order valence-corrected chi connectivity index (χ1v) is 7.96. The van der Waals surface area contributed by atoms with E-state index in [1.807, 2.05) is 45.0 Å². The van der Waals surface area contributed by atoms with E-state index in [0.717, 1.165) is 24.2 Å². The van der Waals surface area contributed by atoms with E-state index in [-0.39, 0.29) is 35.8 Å². The Balaban J connectivity index is 0.00000529. The van der Waals surface area contributed by atoms with Gasteiger partial charge in [0, 0.05) is 18.2 Å². The second-order valence-corrected chi connectivity index (χ2v) is 5.25. The average Bonchev–Trinajstić information content (AvgIpc) is 2.56. The van der Waals surface area contributed by atoms with E-state index in [1.165, 1.54) is 0 Å². The molecular formula is C18H27IN4O. The summed E-state index contributed by atoms with van der Waals surface area (Å²) in [6, 6.07) is 7.72. The first-order chi connectivity index (χ1) is 11.1. The number of nitrogens with one attached hydrogen (secondary N) is 3. The lowest BCUT2D eigenvalue weighted by molar-refractivity contribution is -0.119. The van der Waals surface area contributed by atoms with Crippen LogP contribution in [0, 0.1) is 18.3 Å². The van der Waals surface area contributed by atoms with Crippen molar-refractivity contribution in [3.05, 3.63) is 29.8 Å². The molecule has 132 valence electrons. The summed E-state index contributed by atoms with van der Waals surface area (Å²) in [5.41, 5.74) is 1.81. The van der Waals surface area contributed by atoms with Gasteiger partial charge in [-0.3, -0.25) is 4.79 Å². The molecule has 0 spiro atoms. The third-order valence-electron chi connectivity index (χ3n) is 3.38. The van der Waals surface area contributed by atoms with Gasteiger partial charge < -0.3 is 16.0 Å². The number of hydrogen-bond acceptors (Lipinski definition) is 2. The number of carbonyl (C=O) groups excluding carboxylic acids is 1. The number of carbonyl (C=O) groups is 1. The summed E-state index contributed by atoms with van der Waals surface area (Å²) in [6.07, 6.45) is 6.07. The molecule has 0 aliphatic heterocycles. The van der Waals surface area contributed by atoms with Gasteiger partial charge in [-0.2, -0.15) is 0 Å². The van der Waals surface area contributed by atoms with Crippen molar-refractivity contribution in [2.24, 2.45) is 10.9 Å². The first-order valence-electron chi connectivity index (χ1n) is 7.96. The Labute approximate surface area is 162 Å². The first kappa shape index (κ1) is 22.2. The van der Waals surface area contributed by atoms with E-state index in [0.29, 0.717) is 19.0 Å². The molecule has 1 aromatic carbocycles. The van der Waals surface area contributed by atoms with E-state index in [2.05, 4.69) is 26.9 Å². The molecule has 0 saturated carbocycles. The maximum Gasteiger partial charge on any atom is 0.227 e. The second kappa shape index (κ2) is 12.6. The zero-order chi connectivity index (χ0) is 17.1. The van der Waals surface area contributed by atoms with Crippen LogP contribution in [-0.2, 0) is 11.3 Å². The second-order valence-electron chi connectivity index (χ2n) is 5.25. The molecule has 1 rings (SSSR count). The van der Waals surface area contributed by atoms with Crippen LogP contribution in [-0.4, -0.2) is 25.0 Å². The lowest BCUT2D eigenvalue weighted by atomic mass is 10.1. The van der Waals surface area contributed by atoms with Crippen molar-refractivity contribution >= 4 is 41.5 Å². The highest BCUT2D eigenvalue weighted by atomic mass is 127. The lowest BCUT2D eigenvalue weighted by Gasteiger charge is -2.11. The Morgan fingerprint density at radius 2 is 2.08 bits per heavy atom. The van der Waals surface area contributed by atoms with Gasteiger partial charge in [0.25, 0.3) is 0 Å². The molecule has 0 fully saturated rings. The molecule has 5 nitrogen and oxygen atoms in total. The van der Waals surface area contributed by atoms with Crippen LogP contribution < -0.4 is 16.0 Å². The fourth-order valence-corrected chi connectivity index (χ4v) is 1.85. The molecule has 0 aromatic heterocycles. The summed E-state index contributed by atoms with van der Waals surface area (Å²) in [5, 5.41) is 9.11. The highest BCUT2D eigenvalue weighted by molar-refractivity contribution is 14.0. The smallest absolute Gasteiger partial charge is 0.227 e. The van der Waals surface area contributed by atoms with Gasteiger partial charge >= 0.3 is 0 Å². The van der Waals surface area contributed by atoms with Crippen molar-refractivity contribution in [3.8, 4) is 12.3 Å². The number of guanidine groups is 1. The van der Waals surface area contributed by atoms with E-state index in [1.54, 1.807) is 0 Å². The molecule has 6 heteroatoms. The predicted octanol–water partition coefficient (Wildman–Crippen LogP) is 2.98. The summed E-state index contributed by atoms with van der Waals surface area (Å²) < 4.78 is 0. The topological polar surface area (TPSA) is 65.5 Å². The largest absolute Gasteiger partial charge is 0.357 e. The fraction of sp³-hybridized carbons (Fsp3) is 0.444. The predicted molar refractivity (Wildman–Crippen MR) is 112 cm³/mol. The molecule has 1 atom stereocenters. The standard InChI is InChI=1S/C18H26N4O.HI/c1-5-11-20-18(19-7-3)21-13-15-9-8-10-16(12-15)22-17(23)14(4)6-2;/h1,8-10,12,14H,6-7,11,13H2,2-4H3,(H,22,23)(H2,19,20,21);1H. The number of amides is 1. The Bertz CT molecular complexity index is 581. The van der Waals surface area contributed by atoms with Gasteiger partial charge in [0.15, 0.2) is 5.96 Å². The number of nitrogens with zero attached hydrogens (tertiary/aromatic N) is 1. The zero-order valence-corrected chi connectivity index (χ0v) is 16.9. The van der Waals surface area contributed by atoms with Crippen molar-refractivity contribution in [1.29, 1.82) is 0 Å². The number of halogens is 1. The molecule has 0 bridgehead atoms. The van der Waals surface area contributed by atoms with Crippen LogP contribution in [0.2, 0.25) is 0 Å². The Hall–Kier alpha value is -1.75. The summed E-state index contributed by atoms with van der Waals surface area (Å²) in [4.78, 5) is 16.4. The zero-order valence-electron chi connectivity index (χ0n) is 14.6. The minimum absolute atomic E-state index is 0. The van der Waals surface area contributed by atoms with Crippen molar-refractivity contribution < 1.29 is 4.79 Å². The summed E-state index contributed by atoms with van der Waals surface area (Å²) >= 11 is 0. The number of anilines is 1. The monoisotopic (exact) mass is 442 g/mol. The number of benzene rings is 1. The van der Waals surface area contributed by atoms with Crippen LogP contribution in [0.15, 0.2) is 29.3 Å². The molecule has 1 amide bonds. The maximum atomic E-state index is 11.9. The lowest BCUT2D eigenvalue weighted by Crippen LogP contribution is -2.37. The van der Waals surface area contributed by atoms with Gasteiger partial charge in [0.1, 0.15) is 0 Å². The minimum atomic E-state index is 0. The van der Waals surface area contributed by atoms with E-state index >= 15 is 0 Å². The van der Waals surface area contributed by atoms with Crippen LogP contribution in [0.3, 0.4) is 0 Å². The van der Waals surface area contributed by atoms with Crippen molar-refractivity contribution in [1.82, 2.24) is 10.6 Å². The molecule has 0 heterocycles. The van der Waals surface area contributed by atoms with Gasteiger partial charge in [-0.05, 0) is 31.0 Å². The third-order valence-corrected chi connectivity index (χ3v) is 3.38. The van der Waals surface area contributed by atoms with Gasteiger partial charge in [0.05, 0.1) is 13.1 Å². The number of terminal acetylenes is 1. The van der Waals surface area contributed by atoms with Crippen LogP contribution in [0.1, 0.15) is 32.8 Å². The number of rotatable bonds is 7. The molecule has 0 aliphatic carbocycles.